The Morgan fingerprint density at radius 1 is 1.19 bits per heavy atom. The average Bonchev–Trinajstić information content (AvgIpc) is 3.25. The molecule has 0 N–H and O–H groups in total. The van der Waals surface area contributed by atoms with Crippen molar-refractivity contribution in [2.45, 2.75) is 114 Å². The highest BCUT2D eigenvalue weighted by Crippen LogP contribution is 2.45. The Balaban J connectivity index is 1.21. The van der Waals surface area contributed by atoms with Crippen LogP contribution in [0.15, 0.2) is 4.52 Å². The minimum absolute atomic E-state index is 0.120. The van der Waals surface area contributed by atoms with E-state index in [2.05, 4.69) is 33.8 Å². The second-order valence-electron chi connectivity index (χ2n) is 12.5. The zero-order valence-corrected chi connectivity index (χ0v) is 22.6. The average molecular weight is 526 g/mol. The quantitative estimate of drug-likeness (QED) is 0.526. The summed E-state index contributed by atoms with van der Waals surface area (Å²) in [5.74, 6) is -3.36. The lowest BCUT2D eigenvalue weighted by atomic mass is 9.77. The second kappa shape index (κ2) is 10.1. The molecular formula is C27H42F3N5O2. The van der Waals surface area contributed by atoms with E-state index < -0.39 is 18.0 Å². The van der Waals surface area contributed by atoms with Gasteiger partial charge in [-0.25, -0.2) is 13.2 Å². The molecule has 0 spiro atoms. The van der Waals surface area contributed by atoms with Crippen LogP contribution in [0.4, 0.5) is 13.2 Å². The van der Waals surface area contributed by atoms with Crippen LogP contribution in [-0.2, 0) is 10.2 Å². The smallest absolute Gasteiger partial charge is 0.252 e. The second-order valence-corrected chi connectivity index (χ2v) is 12.5. The van der Waals surface area contributed by atoms with Crippen LogP contribution >= 0.6 is 0 Å². The standard InChI is InChI=1S/C27H42F3N5O2/c1-17(2)35-11-7-18(16-35)33(4)22-6-5-8-27(29,30)20(22)15-23(36)34-12-9-26(3,10-13-34)25-31-24(37-32-25)19-14-21(19)28/h17-22H,5-16H2,1-4H3/t18-,19+,20+,21-,22-/m0/s1. The summed E-state index contributed by atoms with van der Waals surface area (Å²) >= 11 is 0. The maximum atomic E-state index is 15.3. The molecule has 2 aliphatic heterocycles. The number of hydrogen-bond donors (Lipinski definition) is 0. The largest absolute Gasteiger partial charge is 0.343 e. The fourth-order valence-electron chi connectivity index (χ4n) is 6.67. The Hall–Kier alpha value is -1.68. The van der Waals surface area contributed by atoms with Crippen molar-refractivity contribution in [3.8, 4) is 0 Å². The van der Waals surface area contributed by atoms with Crippen molar-refractivity contribution in [3.63, 3.8) is 0 Å². The molecule has 1 aromatic rings. The van der Waals surface area contributed by atoms with Gasteiger partial charge >= 0.3 is 0 Å². The number of rotatable bonds is 7. The predicted octanol–water partition coefficient (Wildman–Crippen LogP) is 4.38. The van der Waals surface area contributed by atoms with Gasteiger partial charge in [0.05, 0.1) is 5.92 Å². The normalized spacial score (nSPS) is 33.9. The number of hydrogen-bond acceptors (Lipinski definition) is 6. The summed E-state index contributed by atoms with van der Waals surface area (Å²) in [7, 11) is 1.98. The van der Waals surface area contributed by atoms with Crippen molar-refractivity contribution >= 4 is 5.91 Å². The van der Waals surface area contributed by atoms with Crippen LogP contribution < -0.4 is 0 Å². The highest BCUT2D eigenvalue weighted by Gasteiger charge is 2.51. The number of carbonyl (C=O) groups is 1. The number of carbonyl (C=O) groups excluding carboxylic acids is 1. The molecule has 4 aliphatic rings. The van der Waals surface area contributed by atoms with Gasteiger partial charge in [-0.3, -0.25) is 14.6 Å². The molecule has 0 radical (unpaired) electrons. The van der Waals surface area contributed by atoms with E-state index in [1.807, 2.05) is 14.0 Å². The Morgan fingerprint density at radius 2 is 1.89 bits per heavy atom. The zero-order valence-electron chi connectivity index (χ0n) is 22.6. The van der Waals surface area contributed by atoms with E-state index in [4.69, 9.17) is 4.52 Å². The molecule has 7 nitrogen and oxygen atoms in total. The summed E-state index contributed by atoms with van der Waals surface area (Å²) in [4.78, 5) is 24.1. The fourth-order valence-corrected chi connectivity index (χ4v) is 6.67. The van der Waals surface area contributed by atoms with Crippen molar-refractivity contribution in [1.82, 2.24) is 24.8 Å². The topological polar surface area (TPSA) is 65.7 Å². The van der Waals surface area contributed by atoms with E-state index in [1.165, 1.54) is 0 Å². The Kier molecular flexibility index (Phi) is 7.37. The van der Waals surface area contributed by atoms with Crippen molar-refractivity contribution in [2.75, 3.05) is 33.2 Å². The Labute approximate surface area is 218 Å². The molecule has 0 bridgehead atoms. The molecule has 4 fully saturated rings. The lowest BCUT2D eigenvalue weighted by Gasteiger charge is -2.45. The van der Waals surface area contributed by atoms with Crippen LogP contribution in [0.25, 0.3) is 0 Å². The van der Waals surface area contributed by atoms with Gasteiger partial charge in [0.15, 0.2) is 5.82 Å². The third kappa shape index (κ3) is 5.42. The van der Waals surface area contributed by atoms with Crippen molar-refractivity contribution < 1.29 is 22.5 Å². The SMILES string of the molecule is CC(C)N1CC[C@H](N(C)[C@H]2CCCC(F)(F)[C@@H]2CC(=O)N2CCC(C)(c3noc([C@@H]4C[C@@H]4F)n3)CC2)C1. The van der Waals surface area contributed by atoms with Gasteiger partial charge in [-0.1, -0.05) is 12.1 Å². The number of halogens is 3. The number of amides is 1. The van der Waals surface area contributed by atoms with Crippen molar-refractivity contribution in [2.24, 2.45) is 5.92 Å². The number of likely N-dealkylation sites (tertiary alicyclic amines) is 2. The van der Waals surface area contributed by atoms with Crippen LogP contribution in [0.3, 0.4) is 0 Å². The number of piperidine rings is 1. The van der Waals surface area contributed by atoms with Gasteiger partial charge in [-0.05, 0) is 59.4 Å². The van der Waals surface area contributed by atoms with Crippen molar-refractivity contribution in [1.29, 1.82) is 0 Å². The minimum atomic E-state index is -2.84. The number of likely N-dealkylation sites (N-methyl/N-ethyl adjacent to an activating group) is 1. The highest BCUT2D eigenvalue weighted by atomic mass is 19.3. The van der Waals surface area contributed by atoms with E-state index in [0.29, 0.717) is 63.0 Å². The van der Waals surface area contributed by atoms with Gasteiger partial charge in [-0.2, -0.15) is 4.98 Å². The third-order valence-corrected chi connectivity index (χ3v) is 9.67. The molecule has 2 saturated heterocycles. The van der Waals surface area contributed by atoms with Crippen LogP contribution in [0.1, 0.15) is 89.8 Å². The van der Waals surface area contributed by atoms with E-state index in [1.54, 1.807) is 4.90 Å². The molecule has 37 heavy (non-hydrogen) atoms. The monoisotopic (exact) mass is 525 g/mol. The predicted molar refractivity (Wildman–Crippen MR) is 133 cm³/mol. The lowest BCUT2D eigenvalue weighted by Crippen LogP contribution is -2.54. The molecule has 208 valence electrons. The summed E-state index contributed by atoms with van der Waals surface area (Å²) in [6.07, 6.45) is 2.70. The molecule has 0 unspecified atom stereocenters. The number of alkyl halides is 3. The molecule has 2 aliphatic carbocycles. The molecule has 3 heterocycles. The van der Waals surface area contributed by atoms with E-state index in [0.717, 1.165) is 19.5 Å². The fraction of sp³-hybridized carbons (Fsp3) is 0.889. The summed E-state index contributed by atoms with van der Waals surface area (Å²) in [5.41, 5.74) is -0.373. The van der Waals surface area contributed by atoms with Gasteiger partial charge < -0.3 is 9.42 Å². The first-order valence-corrected chi connectivity index (χ1v) is 14.1. The maximum Gasteiger partial charge on any atom is 0.252 e. The van der Waals surface area contributed by atoms with Crippen LogP contribution in [0, 0.1) is 5.92 Å². The van der Waals surface area contributed by atoms with Gasteiger partial charge in [-0.15, -0.1) is 0 Å². The minimum Gasteiger partial charge on any atom is -0.343 e. The summed E-state index contributed by atoms with van der Waals surface area (Å²) < 4.78 is 49.2. The first kappa shape index (κ1) is 26.9. The number of nitrogens with zero attached hydrogens (tertiary/aromatic N) is 5. The molecule has 1 amide bonds. The molecule has 1 aromatic heterocycles. The van der Waals surface area contributed by atoms with Crippen LogP contribution in [0.2, 0.25) is 0 Å². The molecule has 0 aromatic carbocycles. The Morgan fingerprint density at radius 3 is 2.51 bits per heavy atom. The molecule has 2 saturated carbocycles. The Bertz CT molecular complexity index is 964. The van der Waals surface area contributed by atoms with Gasteiger partial charge in [0, 0.05) is 68.5 Å². The first-order valence-electron chi connectivity index (χ1n) is 14.1. The highest BCUT2D eigenvalue weighted by molar-refractivity contribution is 5.76. The van der Waals surface area contributed by atoms with Gasteiger partial charge in [0.1, 0.15) is 6.17 Å². The van der Waals surface area contributed by atoms with Crippen LogP contribution in [-0.4, -0.2) is 94.2 Å². The zero-order chi connectivity index (χ0) is 26.5. The third-order valence-electron chi connectivity index (χ3n) is 9.67. The maximum absolute atomic E-state index is 15.3. The lowest BCUT2D eigenvalue weighted by molar-refractivity contribution is -0.150. The first-order chi connectivity index (χ1) is 17.5. The van der Waals surface area contributed by atoms with Gasteiger partial charge in [0.25, 0.3) is 5.92 Å². The molecule has 5 rings (SSSR count). The number of aromatic nitrogens is 2. The van der Waals surface area contributed by atoms with E-state index >= 15 is 8.78 Å². The van der Waals surface area contributed by atoms with Crippen molar-refractivity contribution in [3.05, 3.63) is 11.7 Å². The summed E-state index contributed by atoms with van der Waals surface area (Å²) in [6.45, 7) is 9.21. The molecule has 5 atom stereocenters. The van der Waals surface area contributed by atoms with E-state index in [-0.39, 0.29) is 42.2 Å². The summed E-state index contributed by atoms with van der Waals surface area (Å²) in [5, 5.41) is 4.11. The van der Waals surface area contributed by atoms with E-state index in [9.17, 15) is 9.18 Å². The van der Waals surface area contributed by atoms with Crippen LogP contribution in [0.5, 0.6) is 0 Å². The molecule has 10 heteroatoms. The molecular weight excluding hydrogens is 483 g/mol. The van der Waals surface area contributed by atoms with Gasteiger partial charge in [0.2, 0.25) is 11.8 Å². The summed E-state index contributed by atoms with van der Waals surface area (Å²) in [6, 6.07) is 0.402.